The number of carbonyl (C=O) groups excluding carboxylic acids is 1. The van der Waals surface area contributed by atoms with Crippen molar-refractivity contribution in [2.45, 2.75) is 13.3 Å². The van der Waals surface area contributed by atoms with E-state index in [1.165, 1.54) is 0 Å². The maximum absolute atomic E-state index is 12.6. The lowest BCUT2D eigenvalue weighted by Crippen LogP contribution is -2.18. The van der Waals surface area contributed by atoms with Crippen LogP contribution in [0.3, 0.4) is 0 Å². The number of aromatic nitrogens is 1. The number of esters is 1. The molecule has 0 radical (unpaired) electrons. The van der Waals surface area contributed by atoms with Gasteiger partial charge in [0, 0.05) is 11.6 Å². The SMILES string of the molecule is CCOC(=O)c1c(C(F)F)cc(=O)[nH]c1I. The van der Waals surface area contributed by atoms with E-state index >= 15 is 0 Å². The van der Waals surface area contributed by atoms with Gasteiger partial charge in [-0.1, -0.05) is 0 Å². The molecule has 0 bridgehead atoms. The molecule has 1 N–H and O–H groups in total. The monoisotopic (exact) mass is 343 g/mol. The number of hydrogen-bond acceptors (Lipinski definition) is 3. The van der Waals surface area contributed by atoms with Crippen LogP contribution in [0, 0.1) is 3.70 Å². The van der Waals surface area contributed by atoms with Crippen molar-refractivity contribution in [1.82, 2.24) is 4.98 Å². The summed E-state index contributed by atoms with van der Waals surface area (Å²) in [5, 5.41) is 0. The lowest BCUT2D eigenvalue weighted by molar-refractivity contribution is 0.0513. The molecule has 0 aromatic carbocycles. The molecule has 1 aromatic heterocycles. The van der Waals surface area contributed by atoms with Gasteiger partial charge in [0.25, 0.3) is 6.43 Å². The molecule has 0 spiro atoms. The fourth-order valence-corrected chi connectivity index (χ4v) is 1.93. The van der Waals surface area contributed by atoms with Crippen LogP contribution >= 0.6 is 22.6 Å². The van der Waals surface area contributed by atoms with Gasteiger partial charge in [0.05, 0.1) is 15.9 Å². The van der Waals surface area contributed by atoms with Gasteiger partial charge in [-0.25, -0.2) is 13.6 Å². The number of carbonyl (C=O) groups is 1. The topological polar surface area (TPSA) is 59.2 Å². The quantitative estimate of drug-likeness (QED) is 0.520. The van der Waals surface area contributed by atoms with Crippen molar-refractivity contribution in [1.29, 1.82) is 0 Å². The van der Waals surface area contributed by atoms with Crippen LogP contribution in [0.25, 0.3) is 0 Å². The van der Waals surface area contributed by atoms with E-state index in [-0.39, 0.29) is 15.9 Å². The minimum atomic E-state index is -2.89. The molecule has 0 unspecified atom stereocenters. The maximum Gasteiger partial charge on any atom is 0.341 e. The molecule has 0 atom stereocenters. The van der Waals surface area contributed by atoms with Gasteiger partial charge in [-0.3, -0.25) is 4.79 Å². The molecule has 0 aliphatic heterocycles. The standard InChI is InChI=1S/C9H8F2INO3/c1-2-16-9(15)6-4(7(10)11)3-5(14)13-8(6)12/h3,7H,2H2,1H3,(H,13,14). The molecular formula is C9H8F2INO3. The fourth-order valence-electron chi connectivity index (χ4n) is 1.13. The second-order valence-electron chi connectivity index (χ2n) is 2.80. The van der Waals surface area contributed by atoms with Crippen molar-refractivity contribution in [3.63, 3.8) is 0 Å². The van der Waals surface area contributed by atoms with E-state index in [9.17, 15) is 18.4 Å². The molecule has 1 heterocycles. The second-order valence-corrected chi connectivity index (χ2v) is 3.88. The number of alkyl halides is 2. The summed E-state index contributed by atoms with van der Waals surface area (Å²) in [6.45, 7) is 1.65. The minimum Gasteiger partial charge on any atom is -0.462 e. The first-order valence-corrected chi connectivity index (χ1v) is 5.43. The Morgan fingerprint density at radius 3 is 2.75 bits per heavy atom. The highest BCUT2D eigenvalue weighted by molar-refractivity contribution is 14.1. The highest BCUT2D eigenvalue weighted by atomic mass is 127. The van der Waals surface area contributed by atoms with Crippen LogP contribution in [0.5, 0.6) is 0 Å². The number of H-pyrrole nitrogens is 1. The molecular weight excluding hydrogens is 335 g/mol. The van der Waals surface area contributed by atoms with Crippen LogP contribution in [0.1, 0.15) is 29.3 Å². The lowest BCUT2D eigenvalue weighted by atomic mass is 10.1. The Balaban J connectivity index is 3.35. The normalized spacial score (nSPS) is 10.6. The van der Waals surface area contributed by atoms with E-state index in [2.05, 4.69) is 9.72 Å². The molecule has 0 saturated carbocycles. The van der Waals surface area contributed by atoms with Crippen LogP contribution in [-0.2, 0) is 4.74 Å². The van der Waals surface area contributed by atoms with Crippen molar-refractivity contribution < 1.29 is 18.3 Å². The van der Waals surface area contributed by atoms with Gasteiger partial charge < -0.3 is 9.72 Å². The first-order valence-electron chi connectivity index (χ1n) is 4.35. The third-order valence-electron chi connectivity index (χ3n) is 1.74. The fraction of sp³-hybridized carbons (Fsp3) is 0.333. The van der Waals surface area contributed by atoms with E-state index < -0.39 is 23.5 Å². The summed E-state index contributed by atoms with van der Waals surface area (Å²) in [5.74, 6) is -0.863. The zero-order valence-corrected chi connectivity index (χ0v) is 10.4. The Hall–Kier alpha value is -0.990. The number of rotatable bonds is 3. The number of pyridine rings is 1. The highest BCUT2D eigenvalue weighted by Crippen LogP contribution is 2.24. The first kappa shape index (κ1) is 13.1. The van der Waals surface area contributed by atoms with Crippen molar-refractivity contribution >= 4 is 28.6 Å². The van der Waals surface area contributed by atoms with E-state index in [0.29, 0.717) is 6.07 Å². The number of hydrogen-bond donors (Lipinski definition) is 1. The van der Waals surface area contributed by atoms with Crippen LogP contribution in [0.2, 0.25) is 0 Å². The smallest absolute Gasteiger partial charge is 0.341 e. The second kappa shape index (κ2) is 5.37. The maximum atomic E-state index is 12.6. The van der Waals surface area contributed by atoms with Gasteiger partial charge in [-0.05, 0) is 29.5 Å². The summed E-state index contributed by atoms with van der Waals surface area (Å²) in [6, 6.07) is 0.707. The molecule has 0 fully saturated rings. The van der Waals surface area contributed by atoms with Crippen LogP contribution in [-0.4, -0.2) is 17.6 Å². The van der Waals surface area contributed by atoms with Gasteiger partial charge >= 0.3 is 5.97 Å². The summed E-state index contributed by atoms with van der Waals surface area (Å²) >= 11 is 1.61. The lowest BCUT2D eigenvalue weighted by Gasteiger charge is -2.09. The number of halogens is 3. The number of aromatic amines is 1. The largest absolute Gasteiger partial charge is 0.462 e. The average Bonchev–Trinajstić information content (AvgIpc) is 2.16. The van der Waals surface area contributed by atoms with E-state index in [0.717, 1.165) is 0 Å². The van der Waals surface area contributed by atoms with E-state index in [1.54, 1.807) is 29.5 Å². The first-order chi connectivity index (χ1) is 7.47. The Kier molecular flexibility index (Phi) is 4.39. The number of nitrogens with one attached hydrogen (secondary N) is 1. The van der Waals surface area contributed by atoms with Crippen molar-refractivity contribution in [2.24, 2.45) is 0 Å². The molecule has 7 heteroatoms. The molecule has 0 saturated heterocycles. The Bertz CT molecular complexity index is 459. The zero-order valence-electron chi connectivity index (χ0n) is 8.22. The highest BCUT2D eigenvalue weighted by Gasteiger charge is 2.23. The summed E-state index contributed by atoms with van der Waals surface area (Å²) < 4.78 is 29.9. The Labute approximate surface area is 103 Å². The Morgan fingerprint density at radius 2 is 2.25 bits per heavy atom. The van der Waals surface area contributed by atoms with Gasteiger partial charge in [0.2, 0.25) is 5.56 Å². The molecule has 1 aromatic rings. The van der Waals surface area contributed by atoms with Gasteiger partial charge in [-0.15, -0.1) is 0 Å². The molecule has 0 aliphatic rings. The van der Waals surface area contributed by atoms with Crippen molar-refractivity contribution in [3.8, 4) is 0 Å². The predicted molar refractivity (Wildman–Crippen MR) is 60.7 cm³/mol. The predicted octanol–water partition coefficient (Wildman–Crippen LogP) is 2.09. The average molecular weight is 343 g/mol. The summed E-state index contributed by atoms with van der Waals surface area (Å²) in [5.41, 5.74) is -1.56. The van der Waals surface area contributed by atoms with Crippen LogP contribution < -0.4 is 5.56 Å². The molecule has 88 valence electrons. The molecule has 0 aliphatic carbocycles. The van der Waals surface area contributed by atoms with E-state index in [4.69, 9.17) is 0 Å². The van der Waals surface area contributed by atoms with Gasteiger partial charge in [-0.2, -0.15) is 0 Å². The van der Waals surface area contributed by atoms with Crippen molar-refractivity contribution in [3.05, 3.63) is 31.2 Å². The number of ether oxygens (including phenoxy) is 1. The molecule has 16 heavy (non-hydrogen) atoms. The third kappa shape index (κ3) is 2.77. The van der Waals surface area contributed by atoms with Crippen LogP contribution in [0.15, 0.2) is 10.9 Å². The third-order valence-corrected chi connectivity index (χ3v) is 2.55. The molecule has 1 rings (SSSR count). The minimum absolute atomic E-state index is 0.0545. The van der Waals surface area contributed by atoms with Gasteiger partial charge in [0.1, 0.15) is 0 Å². The summed E-state index contributed by atoms with van der Waals surface area (Å²) in [4.78, 5) is 24.7. The summed E-state index contributed by atoms with van der Waals surface area (Å²) in [7, 11) is 0. The van der Waals surface area contributed by atoms with Gasteiger partial charge in [0.15, 0.2) is 0 Å². The zero-order chi connectivity index (χ0) is 12.3. The van der Waals surface area contributed by atoms with Crippen LogP contribution in [0.4, 0.5) is 8.78 Å². The Morgan fingerprint density at radius 1 is 1.62 bits per heavy atom. The molecule has 0 amide bonds. The molecule has 4 nitrogen and oxygen atoms in total. The summed E-state index contributed by atoms with van der Waals surface area (Å²) in [6.07, 6.45) is -2.89. The van der Waals surface area contributed by atoms with Crippen molar-refractivity contribution in [2.75, 3.05) is 6.61 Å². The van der Waals surface area contributed by atoms with E-state index in [1.807, 2.05) is 0 Å².